The highest BCUT2D eigenvalue weighted by atomic mass is 16.5. The molecular weight excluding hydrogens is 256 g/mol. The minimum Gasteiger partial charge on any atom is -0.367 e. The van der Waals surface area contributed by atoms with Gasteiger partial charge >= 0.3 is 0 Å². The van der Waals surface area contributed by atoms with E-state index in [1.54, 1.807) is 0 Å². The Morgan fingerprint density at radius 3 is 3.10 bits per heavy atom. The van der Waals surface area contributed by atoms with Gasteiger partial charge in [-0.15, -0.1) is 0 Å². The van der Waals surface area contributed by atoms with E-state index in [1.807, 2.05) is 0 Å². The van der Waals surface area contributed by atoms with Crippen LogP contribution >= 0.6 is 0 Å². The Hall–Kier alpha value is -0.980. The normalized spacial score (nSPS) is 28.8. The Morgan fingerprint density at radius 1 is 1.45 bits per heavy atom. The number of ether oxygens (including phenoxy) is 1. The summed E-state index contributed by atoms with van der Waals surface area (Å²) in [5.41, 5.74) is 6.08. The maximum atomic E-state index is 6.08. The zero-order valence-electron chi connectivity index (χ0n) is 12.3. The van der Waals surface area contributed by atoms with Crippen LogP contribution in [0.15, 0.2) is 4.52 Å². The molecule has 0 bridgehead atoms. The second kappa shape index (κ2) is 5.79. The summed E-state index contributed by atoms with van der Waals surface area (Å²) in [6, 6.07) is 0.403. The summed E-state index contributed by atoms with van der Waals surface area (Å²) in [6.07, 6.45) is 3.27. The molecule has 6 nitrogen and oxygen atoms in total. The Labute approximate surface area is 119 Å². The Kier molecular flexibility index (Phi) is 4.05. The van der Waals surface area contributed by atoms with Crippen molar-refractivity contribution in [2.75, 3.05) is 19.7 Å². The van der Waals surface area contributed by atoms with Crippen LogP contribution < -0.4 is 5.73 Å². The quantitative estimate of drug-likeness (QED) is 0.903. The van der Waals surface area contributed by atoms with Crippen molar-refractivity contribution >= 4 is 0 Å². The van der Waals surface area contributed by atoms with E-state index in [2.05, 4.69) is 28.9 Å². The van der Waals surface area contributed by atoms with Gasteiger partial charge in [-0.1, -0.05) is 19.0 Å². The molecule has 2 fully saturated rings. The fourth-order valence-corrected chi connectivity index (χ4v) is 3.11. The van der Waals surface area contributed by atoms with Crippen LogP contribution in [0.4, 0.5) is 0 Å². The van der Waals surface area contributed by atoms with Crippen LogP contribution in [-0.2, 0) is 4.74 Å². The predicted molar refractivity (Wildman–Crippen MR) is 74.0 cm³/mol. The third-order valence-electron chi connectivity index (χ3n) is 4.18. The molecule has 2 N–H and O–H groups in total. The van der Waals surface area contributed by atoms with Gasteiger partial charge in [0, 0.05) is 12.6 Å². The molecule has 2 aliphatic rings. The highest BCUT2D eigenvalue weighted by Gasteiger charge is 2.35. The third kappa shape index (κ3) is 2.87. The molecule has 6 heteroatoms. The SMILES string of the molecule is CC(C)CC(N)c1nc(C2CN3CCCC3CO2)no1. The summed E-state index contributed by atoms with van der Waals surface area (Å²) < 4.78 is 11.2. The summed E-state index contributed by atoms with van der Waals surface area (Å²) in [5, 5.41) is 4.06. The fraction of sp³-hybridized carbons (Fsp3) is 0.857. The van der Waals surface area contributed by atoms with Gasteiger partial charge in [-0.25, -0.2) is 0 Å². The highest BCUT2D eigenvalue weighted by Crippen LogP contribution is 2.29. The average Bonchev–Trinajstić information content (AvgIpc) is 3.06. The summed E-state index contributed by atoms with van der Waals surface area (Å²) in [6.45, 7) is 7.06. The van der Waals surface area contributed by atoms with E-state index in [-0.39, 0.29) is 12.1 Å². The lowest BCUT2D eigenvalue weighted by Gasteiger charge is -2.33. The van der Waals surface area contributed by atoms with Gasteiger partial charge in [0.1, 0.15) is 6.10 Å². The molecule has 0 radical (unpaired) electrons. The number of rotatable bonds is 4. The molecule has 112 valence electrons. The minimum atomic E-state index is -0.181. The van der Waals surface area contributed by atoms with Crippen molar-refractivity contribution in [2.45, 2.75) is 51.3 Å². The predicted octanol–water partition coefficient (Wildman–Crippen LogP) is 1.65. The van der Waals surface area contributed by atoms with Crippen molar-refractivity contribution < 1.29 is 9.26 Å². The van der Waals surface area contributed by atoms with E-state index in [0.29, 0.717) is 23.7 Å². The topological polar surface area (TPSA) is 77.4 Å². The molecule has 2 saturated heterocycles. The molecule has 2 aliphatic heterocycles. The minimum absolute atomic E-state index is 0.0758. The highest BCUT2D eigenvalue weighted by molar-refractivity contribution is 4.99. The molecule has 20 heavy (non-hydrogen) atoms. The zero-order valence-corrected chi connectivity index (χ0v) is 12.3. The lowest BCUT2D eigenvalue weighted by molar-refractivity contribution is -0.0548. The first-order chi connectivity index (χ1) is 9.63. The van der Waals surface area contributed by atoms with Crippen LogP contribution in [0.25, 0.3) is 0 Å². The first-order valence-corrected chi connectivity index (χ1v) is 7.58. The molecule has 0 saturated carbocycles. The van der Waals surface area contributed by atoms with E-state index < -0.39 is 0 Å². The lowest BCUT2D eigenvalue weighted by atomic mass is 10.0. The molecule has 3 atom stereocenters. The maximum absolute atomic E-state index is 6.08. The molecule has 1 aromatic rings. The van der Waals surface area contributed by atoms with E-state index in [0.717, 1.165) is 26.1 Å². The lowest BCUT2D eigenvalue weighted by Crippen LogP contribution is -2.42. The maximum Gasteiger partial charge on any atom is 0.243 e. The first-order valence-electron chi connectivity index (χ1n) is 7.58. The summed E-state index contributed by atoms with van der Waals surface area (Å²) >= 11 is 0. The Bertz CT molecular complexity index is 448. The standard InChI is InChI=1S/C14H24N4O2/c1-9(2)6-11(15)14-16-13(17-20-14)12-7-18-5-3-4-10(18)8-19-12/h9-12H,3-8,15H2,1-2H3. The van der Waals surface area contributed by atoms with Crippen LogP contribution in [0.1, 0.15) is 57.0 Å². The van der Waals surface area contributed by atoms with Gasteiger partial charge in [-0.2, -0.15) is 4.98 Å². The number of fused-ring (bicyclic) bond motifs is 1. The number of nitrogens with zero attached hydrogens (tertiary/aromatic N) is 3. The first kappa shape index (κ1) is 14.0. The summed E-state index contributed by atoms with van der Waals surface area (Å²) in [4.78, 5) is 6.92. The van der Waals surface area contributed by atoms with Gasteiger partial charge in [-0.3, -0.25) is 4.90 Å². The second-order valence-electron chi connectivity index (χ2n) is 6.34. The number of hydrogen-bond acceptors (Lipinski definition) is 6. The van der Waals surface area contributed by atoms with Gasteiger partial charge in [-0.05, 0) is 31.7 Å². The van der Waals surface area contributed by atoms with Gasteiger partial charge in [0.2, 0.25) is 11.7 Å². The number of morpholine rings is 1. The van der Waals surface area contributed by atoms with Crippen LogP contribution in [0.2, 0.25) is 0 Å². The molecule has 3 heterocycles. The van der Waals surface area contributed by atoms with E-state index in [4.69, 9.17) is 15.0 Å². The molecule has 3 rings (SSSR count). The molecule has 3 unspecified atom stereocenters. The number of aromatic nitrogens is 2. The summed E-state index contributed by atoms with van der Waals surface area (Å²) in [5.74, 6) is 1.68. The second-order valence-corrected chi connectivity index (χ2v) is 6.34. The third-order valence-corrected chi connectivity index (χ3v) is 4.18. The molecule has 0 aromatic carbocycles. The van der Waals surface area contributed by atoms with Crippen molar-refractivity contribution in [3.8, 4) is 0 Å². The molecule has 1 aromatic heterocycles. The van der Waals surface area contributed by atoms with Gasteiger partial charge < -0.3 is 15.0 Å². The zero-order chi connectivity index (χ0) is 14.1. The number of nitrogens with two attached hydrogens (primary N) is 1. The van der Waals surface area contributed by atoms with Crippen molar-refractivity contribution in [1.82, 2.24) is 15.0 Å². The van der Waals surface area contributed by atoms with Crippen LogP contribution in [-0.4, -0.2) is 40.8 Å². The molecule has 0 aliphatic carbocycles. The van der Waals surface area contributed by atoms with Gasteiger partial charge in [0.15, 0.2) is 0 Å². The van der Waals surface area contributed by atoms with Crippen LogP contribution in [0.3, 0.4) is 0 Å². The van der Waals surface area contributed by atoms with Gasteiger partial charge in [0.05, 0.1) is 12.6 Å². The van der Waals surface area contributed by atoms with E-state index in [9.17, 15) is 0 Å². The fourth-order valence-electron chi connectivity index (χ4n) is 3.11. The van der Waals surface area contributed by atoms with Crippen molar-refractivity contribution in [2.24, 2.45) is 11.7 Å². The van der Waals surface area contributed by atoms with Gasteiger partial charge in [0.25, 0.3) is 0 Å². The van der Waals surface area contributed by atoms with Crippen molar-refractivity contribution in [1.29, 1.82) is 0 Å². The van der Waals surface area contributed by atoms with Crippen LogP contribution in [0.5, 0.6) is 0 Å². The van der Waals surface area contributed by atoms with Crippen molar-refractivity contribution in [3.05, 3.63) is 11.7 Å². The molecule has 0 spiro atoms. The number of hydrogen-bond donors (Lipinski definition) is 1. The smallest absolute Gasteiger partial charge is 0.243 e. The molecular formula is C14H24N4O2. The largest absolute Gasteiger partial charge is 0.367 e. The Morgan fingerprint density at radius 2 is 2.30 bits per heavy atom. The molecule has 0 amide bonds. The van der Waals surface area contributed by atoms with Crippen molar-refractivity contribution in [3.63, 3.8) is 0 Å². The Balaban J connectivity index is 1.64. The summed E-state index contributed by atoms with van der Waals surface area (Å²) in [7, 11) is 0. The van der Waals surface area contributed by atoms with E-state index >= 15 is 0 Å². The van der Waals surface area contributed by atoms with E-state index in [1.165, 1.54) is 12.8 Å². The average molecular weight is 280 g/mol. The van der Waals surface area contributed by atoms with Crippen LogP contribution in [0, 0.1) is 5.92 Å². The monoisotopic (exact) mass is 280 g/mol.